The topological polar surface area (TPSA) is 78.9 Å². The molecule has 0 fully saturated rings. The summed E-state index contributed by atoms with van der Waals surface area (Å²) < 4.78 is 16.9. The van der Waals surface area contributed by atoms with Gasteiger partial charge in [-0.25, -0.2) is 0 Å². The van der Waals surface area contributed by atoms with E-state index in [-0.39, 0.29) is 31.1 Å². The van der Waals surface area contributed by atoms with E-state index < -0.39 is 6.10 Å². The molecule has 0 heterocycles. The van der Waals surface area contributed by atoms with E-state index in [1.807, 2.05) is 0 Å². The van der Waals surface area contributed by atoms with Gasteiger partial charge in [-0.3, -0.25) is 14.4 Å². The van der Waals surface area contributed by atoms with Crippen LogP contribution < -0.4 is 0 Å². The van der Waals surface area contributed by atoms with Gasteiger partial charge in [0, 0.05) is 19.3 Å². The van der Waals surface area contributed by atoms with E-state index in [0.717, 1.165) is 122 Å². The summed E-state index contributed by atoms with van der Waals surface area (Å²) in [7, 11) is 0. The molecule has 0 spiro atoms. The first-order valence-corrected chi connectivity index (χ1v) is 32.4. The number of hydrogen-bond donors (Lipinski definition) is 0. The quantitative estimate of drug-likeness (QED) is 0.0261. The molecule has 0 aliphatic carbocycles. The van der Waals surface area contributed by atoms with Crippen molar-refractivity contribution in [3.8, 4) is 0 Å². The van der Waals surface area contributed by atoms with Crippen molar-refractivity contribution in [2.45, 2.75) is 309 Å². The molecule has 77 heavy (non-hydrogen) atoms. The lowest BCUT2D eigenvalue weighted by Crippen LogP contribution is -2.30. The molecule has 0 aromatic carbocycles. The SMILES string of the molecule is CC/C=C\C/C=C\C/C=C\C/C=C\C/C=C\C/C=C\C/C=C\C/C=C\C/C=C\CCCCCC(=O)OCC(COC(=O)CCCCCCCCCCCCC)OC(=O)CCCCCCCCCCCCCCCCCCC. The fourth-order valence-corrected chi connectivity index (χ4v) is 8.97. The average molecular weight is 1070 g/mol. The molecule has 0 amide bonds. The predicted molar refractivity (Wildman–Crippen MR) is 334 cm³/mol. The Morgan fingerprint density at radius 1 is 0.273 bits per heavy atom. The van der Waals surface area contributed by atoms with Crippen molar-refractivity contribution in [2.24, 2.45) is 0 Å². The zero-order valence-electron chi connectivity index (χ0n) is 50.4. The third-order valence-electron chi connectivity index (χ3n) is 13.8. The van der Waals surface area contributed by atoms with Gasteiger partial charge in [-0.15, -0.1) is 0 Å². The molecule has 0 saturated carbocycles. The number of carbonyl (C=O) groups excluding carboxylic acids is 3. The Morgan fingerprint density at radius 2 is 0.506 bits per heavy atom. The summed E-state index contributed by atoms with van der Waals surface area (Å²) in [6.45, 7) is 6.52. The fraction of sp³-hybridized carbons (Fsp3) is 0.704. The molecule has 0 radical (unpaired) electrons. The first-order valence-electron chi connectivity index (χ1n) is 32.4. The van der Waals surface area contributed by atoms with Gasteiger partial charge in [-0.2, -0.15) is 0 Å². The average Bonchev–Trinajstić information content (AvgIpc) is 3.43. The van der Waals surface area contributed by atoms with E-state index >= 15 is 0 Å². The van der Waals surface area contributed by atoms with Crippen LogP contribution in [-0.4, -0.2) is 37.2 Å². The molecule has 0 aromatic heterocycles. The maximum Gasteiger partial charge on any atom is 0.306 e. The Bertz CT molecular complexity index is 1560. The van der Waals surface area contributed by atoms with Crippen LogP contribution in [0.5, 0.6) is 0 Å². The molecule has 0 rings (SSSR count). The van der Waals surface area contributed by atoms with Crippen molar-refractivity contribution in [1.29, 1.82) is 0 Å². The van der Waals surface area contributed by atoms with Crippen LogP contribution in [0.1, 0.15) is 303 Å². The Balaban J connectivity index is 4.32. The van der Waals surface area contributed by atoms with Gasteiger partial charge in [0.1, 0.15) is 13.2 Å². The molecule has 1 atom stereocenters. The smallest absolute Gasteiger partial charge is 0.306 e. The van der Waals surface area contributed by atoms with Gasteiger partial charge in [0.05, 0.1) is 0 Å². The van der Waals surface area contributed by atoms with Crippen molar-refractivity contribution in [2.75, 3.05) is 13.2 Å². The van der Waals surface area contributed by atoms with Crippen LogP contribution in [0.25, 0.3) is 0 Å². The van der Waals surface area contributed by atoms with Crippen LogP contribution in [0.15, 0.2) is 109 Å². The second kappa shape index (κ2) is 64.6. The molecule has 0 aliphatic rings. The predicted octanol–water partition coefficient (Wildman–Crippen LogP) is 22.2. The van der Waals surface area contributed by atoms with Crippen molar-refractivity contribution >= 4 is 17.9 Å². The maximum absolute atomic E-state index is 12.9. The standard InChI is InChI=1S/C71H120O6/c1-4-7-10-13-16-19-22-24-26-28-29-30-31-32-33-34-35-36-37-38-39-40-41-43-44-46-49-52-55-58-61-64-70(73)76-67-68(66-75-69(72)63-60-57-54-51-48-21-18-15-12-9-6-3)77-71(74)65-62-59-56-53-50-47-45-42-27-25-23-20-17-14-11-8-5-2/h7,10,16,19,24,26,29-30,32-33,35-36,38-39,41,43,46,49,68H,4-6,8-9,11-15,17-18,20-23,25,27-28,31,34,37,40,42,44-45,47-48,50-67H2,1-3H3/b10-7-,19-16-,26-24-,30-29-,33-32-,36-35-,39-38-,43-41-,49-46-. The van der Waals surface area contributed by atoms with Crippen LogP contribution >= 0.6 is 0 Å². The molecule has 0 N–H and O–H groups in total. The van der Waals surface area contributed by atoms with Gasteiger partial charge < -0.3 is 14.2 Å². The Kier molecular flexibility index (Phi) is 61.3. The van der Waals surface area contributed by atoms with Crippen molar-refractivity contribution in [1.82, 2.24) is 0 Å². The normalized spacial score (nSPS) is 12.8. The summed E-state index contributed by atoms with van der Waals surface area (Å²) in [6, 6.07) is 0. The van der Waals surface area contributed by atoms with Crippen LogP contribution in [0.4, 0.5) is 0 Å². The Morgan fingerprint density at radius 3 is 0.792 bits per heavy atom. The van der Waals surface area contributed by atoms with Crippen LogP contribution in [0, 0.1) is 0 Å². The van der Waals surface area contributed by atoms with Crippen molar-refractivity contribution in [3.63, 3.8) is 0 Å². The minimum absolute atomic E-state index is 0.0851. The summed E-state index contributed by atoms with van der Waals surface area (Å²) in [5, 5.41) is 0. The summed E-state index contributed by atoms with van der Waals surface area (Å²) in [5.41, 5.74) is 0. The highest BCUT2D eigenvalue weighted by molar-refractivity contribution is 5.71. The molecular formula is C71H120O6. The lowest BCUT2D eigenvalue weighted by atomic mass is 10.0. The van der Waals surface area contributed by atoms with E-state index in [1.54, 1.807) is 0 Å². The maximum atomic E-state index is 12.9. The van der Waals surface area contributed by atoms with Crippen LogP contribution in [-0.2, 0) is 28.6 Å². The molecule has 440 valence electrons. The highest BCUT2D eigenvalue weighted by Crippen LogP contribution is 2.16. The highest BCUT2D eigenvalue weighted by atomic mass is 16.6. The minimum Gasteiger partial charge on any atom is -0.462 e. The van der Waals surface area contributed by atoms with Crippen LogP contribution in [0.3, 0.4) is 0 Å². The molecule has 6 nitrogen and oxygen atoms in total. The van der Waals surface area contributed by atoms with Gasteiger partial charge in [0.15, 0.2) is 6.10 Å². The number of rotatable bonds is 58. The number of unbranched alkanes of at least 4 members (excludes halogenated alkanes) is 29. The molecule has 6 heteroatoms. The van der Waals surface area contributed by atoms with Gasteiger partial charge in [-0.05, 0) is 89.9 Å². The van der Waals surface area contributed by atoms with E-state index in [1.165, 1.54) is 141 Å². The number of esters is 3. The van der Waals surface area contributed by atoms with E-state index in [4.69, 9.17) is 14.2 Å². The minimum atomic E-state index is -0.790. The summed E-state index contributed by atoms with van der Waals surface area (Å²) in [4.78, 5) is 38.2. The molecule has 0 aliphatic heterocycles. The summed E-state index contributed by atoms with van der Waals surface area (Å²) in [6.07, 6.45) is 88.1. The molecule has 0 saturated heterocycles. The van der Waals surface area contributed by atoms with Gasteiger partial charge in [-0.1, -0.05) is 304 Å². The Hall–Kier alpha value is -3.93. The van der Waals surface area contributed by atoms with E-state index in [0.29, 0.717) is 19.3 Å². The second-order valence-electron chi connectivity index (χ2n) is 21.3. The monoisotopic (exact) mass is 1070 g/mol. The number of ether oxygens (including phenoxy) is 3. The zero-order chi connectivity index (χ0) is 55.7. The molecule has 1 unspecified atom stereocenters. The van der Waals surface area contributed by atoms with Crippen molar-refractivity contribution in [3.05, 3.63) is 109 Å². The van der Waals surface area contributed by atoms with E-state index in [2.05, 4.69) is 130 Å². The second-order valence-corrected chi connectivity index (χ2v) is 21.3. The first kappa shape index (κ1) is 73.1. The van der Waals surface area contributed by atoms with Gasteiger partial charge in [0.2, 0.25) is 0 Å². The van der Waals surface area contributed by atoms with Crippen molar-refractivity contribution < 1.29 is 28.6 Å². The molecule has 0 bridgehead atoms. The number of carbonyl (C=O) groups is 3. The number of allylic oxidation sites excluding steroid dienone is 18. The zero-order valence-corrected chi connectivity index (χ0v) is 50.4. The van der Waals surface area contributed by atoms with Crippen LogP contribution in [0.2, 0.25) is 0 Å². The fourth-order valence-electron chi connectivity index (χ4n) is 8.97. The van der Waals surface area contributed by atoms with Gasteiger partial charge >= 0.3 is 17.9 Å². The Labute approximate surface area is 476 Å². The molecular weight excluding hydrogens is 949 g/mol. The first-order chi connectivity index (χ1) is 38.0. The lowest BCUT2D eigenvalue weighted by molar-refractivity contribution is -0.167. The van der Waals surface area contributed by atoms with E-state index in [9.17, 15) is 14.4 Å². The third kappa shape index (κ3) is 62.8. The summed E-state index contributed by atoms with van der Waals surface area (Å²) in [5.74, 6) is -0.910. The largest absolute Gasteiger partial charge is 0.462 e. The number of hydrogen-bond acceptors (Lipinski definition) is 6. The molecule has 0 aromatic rings. The highest BCUT2D eigenvalue weighted by Gasteiger charge is 2.19. The lowest BCUT2D eigenvalue weighted by Gasteiger charge is -2.18. The summed E-state index contributed by atoms with van der Waals surface area (Å²) >= 11 is 0. The van der Waals surface area contributed by atoms with Gasteiger partial charge in [0.25, 0.3) is 0 Å². The third-order valence-corrected chi connectivity index (χ3v) is 13.8.